The Bertz CT molecular complexity index is 245. The maximum Gasteiger partial charge on any atom is 0.0594 e. The first kappa shape index (κ1) is 13.3. The zero-order valence-corrected chi connectivity index (χ0v) is 12.0. The number of ether oxygens (including phenoxy) is 1. The van der Waals surface area contributed by atoms with Gasteiger partial charge in [0.05, 0.1) is 13.2 Å². The number of rotatable bonds is 1. The molecular formula is C14H28N2O. The molecule has 0 aromatic rings. The standard InChI is InChI=1S/C14H28N2O/c1-13(2,3)15-7-5-14(4,6-8-15)16-9-11-17-12-10-16/h5-12H2,1-4H3. The van der Waals surface area contributed by atoms with Crippen LogP contribution >= 0.6 is 0 Å². The average Bonchev–Trinajstić information content (AvgIpc) is 2.29. The molecule has 0 aromatic heterocycles. The summed E-state index contributed by atoms with van der Waals surface area (Å²) in [5.41, 5.74) is 0.734. The van der Waals surface area contributed by atoms with E-state index in [2.05, 4.69) is 37.5 Å². The van der Waals surface area contributed by atoms with Gasteiger partial charge in [-0.3, -0.25) is 9.80 Å². The van der Waals surface area contributed by atoms with Crippen LogP contribution in [0.3, 0.4) is 0 Å². The van der Waals surface area contributed by atoms with Crippen LogP contribution in [-0.4, -0.2) is 60.3 Å². The maximum atomic E-state index is 5.46. The smallest absolute Gasteiger partial charge is 0.0594 e. The monoisotopic (exact) mass is 240 g/mol. The van der Waals surface area contributed by atoms with Gasteiger partial charge < -0.3 is 4.74 Å². The topological polar surface area (TPSA) is 15.7 Å². The minimum absolute atomic E-state index is 0.326. The van der Waals surface area contributed by atoms with E-state index < -0.39 is 0 Å². The molecule has 100 valence electrons. The van der Waals surface area contributed by atoms with Gasteiger partial charge in [-0.05, 0) is 40.5 Å². The molecule has 0 saturated carbocycles. The number of hydrogen-bond acceptors (Lipinski definition) is 3. The third-order valence-corrected chi connectivity index (χ3v) is 4.56. The molecule has 0 aromatic carbocycles. The fourth-order valence-electron chi connectivity index (χ4n) is 3.08. The summed E-state index contributed by atoms with van der Waals surface area (Å²) < 4.78 is 5.46. The summed E-state index contributed by atoms with van der Waals surface area (Å²) in [6.45, 7) is 15.9. The molecule has 2 saturated heterocycles. The van der Waals surface area contributed by atoms with Crippen LogP contribution in [0.25, 0.3) is 0 Å². The van der Waals surface area contributed by atoms with Crippen molar-refractivity contribution in [3.8, 4) is 0 Å². The lowest BCUT2D eigenvalue weighted by Gasteiger charge is -2.50. The summed E-state index contributed by atoms with van der Waals surface area (Å²) in [4.78, 5) is 5.27. The van der Waals surface area contributed by atoms with Crippen LogP contribution in [0.1, 0.15) is 40.5 Å². The highest BCUT2D eigenvalue weighted by Crippen LogP contribution is 2.31. The van der Waals surface area contributed by atoms with Crippen molar-refractivity contribution in [2.75, 3.05) is 39.4 Å². The first-order valence-electron chi connectivity index (χ1n) is 7.00. The summed E-state index contributed by atoms with van der Waals surface area (Å²) in [7, 11) is 0. The number of hydrogen-bond donors (Lipinski definition) is 0. The lowest BCUT2D eigenvalue weighted by Crippen LogP contribution is -2.59. The summed E-state index contributed by atoms with van der Waals surface area (Å²) in [6, 6.07) is 0. The molecule has 3 heteroatoms. The van der Waals surface area contributed by atoms with Crippen LogP contribution in [0.2, 0.25) is 0 Å². The Morgan fingerprint density at radius 1 is 0.941 bits per heavy atom. The lowest BCUT2D eigenvalue weighted by atomic mass is 9.85. The highest BCUT2D eigenvalue weighted by Gasteiger charge is 2.38. The van der Waals surface area contributed by atoms with Gasteiger partial charge >= 0.3 is 0 Å². The van der Waals surface area contributed by atoms with Gasteiger partial charge in [-0.1, -0.05) is 0 Å². The second-order valence-corrected chi connectivity index (χ2v) is 6.75. The summed E-state index contributed by atoms with van der Waals surface area (Å²) in [6.07, 6.45) is 2.59. The Morgan fingerprint density at radius 3 is 1.94 bits per heavy atom. The van der Waals surface area contributed by atoms with Gasteiger partial charge in [0.1, 0.15) is 0 Å². The van der Waals surface area contributed by atoms with E-state index in [1.165, 1.54) is 25.9 Å². The SMILES string of the molecule is CC(C)(C)N1CCC(C)(N2CCOCC2)CC1. The first-order chi connectivity index (χ1) is 7.92. The quantitative estimate of drug-likeness (QED) is 0.697. The van der Waals surface area contributed by atoms with Gasteiger partial charge in [0, 0.05) is 37.3 Å². The number of piperidine rings is 1. The lowest BCUT2D eigenvalue weighted by molar-refractivity contribution is -0.0497. The van der Waals surface area contributed by atoms with Crippen LogP contribution in [0.4, 0.5) is 0 Å². The highest BCUT2D eigenvalue weighted by molar-refractivity contribution is 4.94. The fraction of sp³-hybridized carbons (Fsp3) is 1.00. The number of nitrogens with zero attached hydrogens (tertiary/aromatic N) is 2. The first-order valence-corrected chi connectivity index (χ1v) is 7.00. The van der Waals surface area contributed by atoms with Gasteiger partial charge in [0.2, 0.25) is 0 Å². The third kappa shape index (κ3) is 3.01. The largest absolute Gasteiger partial charge is 0.379 e. The Kier molecular flexibility index (Phi) is 3.81. The second-order valence-electron chi connectivity index (χ2n) is 6.75. The van der Waals surface area contributed by atoms with Crippen molar-refractivity contribution >= 4 is 0 Å². The zero-order valence-electron chi connectivity index (χ0n) is 12.0. The number of likely N-dealkylation sites (tertiary alicyclic amines) is 1. The van der Waals surface area contributed by atoms with Crippen molar-refractivity contribution < 1.29 is 4.74 Å². The molecular weight excluding hydrogens is 212 g/mol. The highest BCUT2D eigenvalue weighted by atomic mass is 16.5. The van der Waals surface area contributed by atoms with E-state index in [1.807, 2.05) is 0 Å². The van der Waals surface area contributed by atoms with Gasteiger partial charge in [-0.25, -0.2) is 0 Å². The van der Waals surface area contributed by atoms with Crippen LogP contribution < -0.4 is 0 Å². The van der Waals surface area contributed by atoms with Crippen molar-refractivity contribution in [2.24, 2.45) is 0 Å². The van der Waals surface area contributed by atoms with Gasteiger partial charge in [-0.15, -0.1) is 0 Å². The fourth-order valence-corrected chi connectivity index (χ4v) is 3.08. The van der Waals surface area contributed by atoms with Gasteiger partial charge in [0.15, 0.2) is 0 Å². The van der Waals surface area contributed by atoms with Crippen molar-refractivity contribution in [3.05, 3.63) is 0 Å². The molecule has 2 aliphatic heterocycles. The number of morpholine rings is 1. The molecule has 0 unspecified atom stereocenters. The Hall–Kier alpha value is -0.120. The molecule has 0 amide bonds. The molecule has 0 aliphatic carbocycles. The van der Waals surface area contributed by atoms with E-state index in [-0.39, 0.29) is 0 Å². The zero-order chi connectivity index (χ0) is 12.5. The van der Waals surface area contributed by atoms with E-state index in [4.69, 9.17) is 4.74 Å². The van der Waals surface area contributed by atoms with Crippen molar-refractivity contribution in [3.63, 3.8) is 0 Å². The summed E-state index contributed by atoms with van der Waals surface area (Å²) >= 11 is 0. The molecule has 0 atom stereocenters. The van der Waals surface area contributed by atoms with E-state index >= 15 is 0 Å². The molecule has 0 radical (unpaired) electrons. The molecule has 2 fully saturated rings. The van der Waals surface area contributed by atoms with Crippen molar-refractivity contribution in [1.29, 1.82) is 0 Å². The van der Waals surface area contributed by atoms with E-state index in [9.17, 15) is 0 Å². The molecule has 17 heavy (non-hydrogen) atoms. The van der Waals surface area contributed by atoms with Crippen molar-refractivity contribution in [2.45, 2.75) is 51.6 Å². The Labute approximate surface area is 106 Å². The molecule has 0 bridgehead atoms. The van der Waals surface area contributed by atoms with E-state index in [0.29, 0.717) is 11.1 Å². The molecule has 3 nitrogen and oxygen atoms in total. The minimum atomic E-state index is 0.326. The van der Waals surface area contributed by atoms with Gasteiger partial charge in [0.25, 0.3) is 0 Å². The maximum absolute atomic E-state index is 5.46. The predicted molar refractivity (Wildman–Crippen MR) is 71.4 cm³/mol. The summed E-state index contributed by atoms with van der Waals surface area (Å²) in [5, 5.41) is 0. The minimum Gasteiger partial charge on any atom is -0.379 e. The molecule has 0 spiro atoms. The van der Waals surface area contributed by atoms with E-state index in [0.717, 1.165) is 26.3 Å². The Morgan fingerprint density at radius 2 is 1.47 bits per heavy atom. The molecule has 2 heterocycles. The molecule has 2 rings (SSSR count). The normalized spacial score (nSPS) is 28.2. The third-order valence-electron chi connectivity index (χ3n) is 4.56. The van der Waals surface area contributed by atoms with Crippen LogP contribution in [0.15, 0.2) is 0 Å². The summed E-state index contributed by atoms with van der Waals surface area (Å²) in [5.74, 6) is 0. The predicted octanol–water partition coefficient (Wildman–Crippen LogP) is 1.97. The Balaban J connectivity index is 1.92. The van der Waals surface area contributed by atoms with Crippen LogP contribution in [-0.2, 0) is 4.74 Å². The van der Waals surface area contributed by atoms with Crippen LogP contribution in [0, 0.1) is 0 Å². The van der Waals surface area contributed by atoms with Crippen molar-refractivity contribution in [1.82, 2.24) is 9.80 Å². The second kappa shape index (κ2) is 4.87. The van der Waals surface area contributed by atoms with E-state index in [1.54, 1.807) is 0 Å². The molecule has 2 aliphatic rings. The molecule has 0 N–H and O–H groups in total. The average molecular weight is 240 g/mol. The van der Waals surface area contributed by atoms with Gasteiger partial charge in [-0.2, -0.15) is 0 Å². The van der Waals surface area contributed by atoms with Crippen LogP contribution in [0.5, 0.6) is 0 Å².